The van der Waals surface area contributed by atoms with Gasteiger partial charge in [-0.15, -0.1) is 0 Å². The number of carbonyl (C=O) groups excluding carboxylic acids is 1. The Morgan fingerprint density at radius 3 is 2.22 bits per heavy atom. The first-order chi connectivity index (χ1) is 11.2. The van der Waals surface area contributed by atoms with Gasteiger partial charge in [0.15, 0.2) is 0 Å². The van der Waals surface area contributed by atoms with Gasteiger partial charge in [0.25, 0.3) is 0 Å². The van der Waals surface area contributed by atoms with Crippen molar-refractivity contribution in [3.63, 3.8) is 0 Å². The standard InChI is InChI=1S/C19H15NO3/c1-14-5-7-15(8-6-14)19(21)23-17-11-9-16(10-12-17)22-18-4-2-3-13-20-18/h2-13H,1H3. The summed E-state index contributed by atoms with van der Waals surface area (Å²) in [5.41, 5.74) is 1.61. The zero-order valence-corrected chi connectivity index (χ0v) is 12.6. The van der Waals surface area contributed by atoms with Crippen molar-refractivity contribution < 1.29 is 14.3 Å². The fraction of sp³-hybridized carbons (Fsp3) is 0.0526. The second-order valence-corrected chi connectivity index (χ2v) is 5.00. The van der Waals surface area contributed by atoms with E-state index < -0.39 is 0 Å². The number of hydrogen-bond acceptors (Lipinski definition) is 4. The van der Waals surface area contributed by atoms with Gasteiger partial charge >= 0.3 is 5.97 Å². The molecule has 0 fully saturated rings. The number of hydrogen-bond donors (Lipinski definition) is 0. The Morgan fingerprint density at radius 2 is 1.57 bits per heavy atom. The number of ether oxygens (including phenoxy) is 2. The van der Waals surface area contributed by atoms with E-state index in [1.54, 1.807) is 48.7 Å². The van der Waals surface area contributed by atoms with Crippen LogP contribution >= 0.6 is 0 Å². The average Bonchev–Trinajstić information content (AvgIpc) is 2.58. The maximum atomic E-state index is 12.0. The Kier molecular flexibility index (Phi) is 4.34. The molecule has 0 aliphatic heterocycles. The van der Waals surface area contributed by atoms with Crippen LogP contribution in [0.5, 0.6) is 17.4 Å². The van der Waals surface area contributed by atoms with Gasteiger partial charge in [-0.3, -0.25) is 0 Å². The second-order valence-electron chi connectivity index (χ2n) is 5.00. The number of carbonyl (C=O) groups is 1. The summed E-state index contributed by atoms with van der Waals surface area (Å²) >= 11 is 0. The number of aromatic nitrogens is 1. The summed E-state index contributed by atoms with van der Waals surface area (Å²) in [6, 6.07) is 19.5. The molecule has 3 rings (SSSR count). The molecule has 4 nitrogen and oxygen atoms in total. The highest BCUT2D eigenvalue weighted by Crippen LogP contribution is 2.22. The highest BCUT2D eigenvalue weighted by molar-refractivity contribution is 5.91. The molecule has 0 bridgehead atoms. The predicted octanol–water partition coefficient (Wildman–Crippen LogP) is 4.40. The van der Waals surface area contributed by atoms with Crippen molar-refractivity contribution in [2.24, 2.45) is 0 Å². The minimum absolute atomic E-state index is 0.386. The Balaban J connectivity index is 1.65. The Morgan fingerprint density at radius 1 is 0.870 bits per heavy atom. The van der Waals surface area contributed by atoms with E-state index in [0.717, 1.165) is 5.56 Å². The second kappa shape index (κ2) is 6.75. The molecule has 0 saturated carbocycles. The van der Waals surface area contributed by atoms with Gasteiger partial charge in [0.1, 0.15) is 11.5 Å². The predicted molar refractivity (Wildman–Crippen MR) is 86.9 cm³/mol. The van der Waals surface area contributed by atoms with Crippen molar-refractivity contribution in [3.05, 3.63) is 84.1 Å². The van der Waals surface area contributed by atoms with Crippen LogP contribution in [0.25, 0.3) is 0 Å². The van der Waals surface area contributed by atoms with Gasteiger partial charge in [0, 0.05) is 12.3 Å². The molecule has 0 radical (unpaired) electrons. The monoisotopic (exact) mass is 305 g/mol. The summed E-state index contributed by atoms with van der Waals surface area (Å²) in [4.78, 5) is 16.1. The number of nitrogens with zero attached hydrogens (tertiary/aromatic N) is 1. The van der Waals surface area contributed by atoms with Crippen LogP contribution in [0.15, 0.2) is 72.9 Å². The maximum absolute atomic E-state index is 12.0. The molecule has 3 aromatic rings. The molecule has 2 aromatic carbocycles. The SMILES string of the molecule is Cc1ccc(C(=O)Oc2ccc(Oc3ccccn3)cc2)cc1. The number of aryl methyl sites for hydroxylation is 1. The first-order valence-corrected chi connectivity index (χ1v) is 7.18. The van der Waals surface area contributed by atoms with Crippen LogP contribution in [-0.4, -0.2) is 11.0 Å². The van der Waals surface area contributed by atoms with Crippen LogP contribution in [0.4, 0.5) is 0 Å². The van der Waals surface area contributed by atoms with E-state index in [2.05, 4.69) is 4.98 Å². The van der Waals surface area contributed by atoms with Crippen LogP contribution in [-0.2, 0) is 0 Å². The van der Waals surface area contributed by atoms with Crippen LogP contribution in [0.1, 0.15) is 15.9 Å². The van der Waals surface area contributed by atoms with Crippen LogP contribution in [0.2, 0.25) is 0 Å². The van der Waals surface area contributed by atoms with Crippen molar-refractivity contribution in [3.8, 4) is 17.4 Å². The molecule has 0 N–H and O–H groups in total. The van der Waals surface area contributed by atoms with Crippen molar-refractivity contribution in [1.29, 1.82) is 0 Å². The molecule has 0 aliphatic carbocycles. The van der Waals surface area contributed by atoms with E-state index >= 15 is 0 Å². The largest absolute Gasteiger partial charge is 0.439 e. The third-order valence-electron chi connectivity index (χ3n) is 3.18. The lowest BCUT2D eigenvalue weighted by molar-refractivity contribution is 0.0734. The lowest BCUT2D eigenvalue weighted by atomic mass is 10.1. The molecule has 0 amide bonds. The zero-order chi connectivity index (χ0) is 16.1. The van der Waals surface area contributed by atoms with E-state index in [1.807, 2.05) is 31.2 Å². The number of esters is 1. The summed E-state index contributed by atoms with van der Waals surface area (Å²) in [6.07, 6.45) is 1.66. The highest BCUT2D eigenvalue weighted by Gasteiger charge is 2.08. The molecular formula is C19H15NO3. The number of rotatable bonds is 4. The topological polar surface area (TPSA) is 48.4 Å². The van der Waals surface area contributed by atoms with Gasteiger partial charge in [-0.25, -0.2) is 9.78 Å². The lowest BCUT2D eigenvalue weighted by Crippen LogP contribution is -2.08. The fourth-order valence-electron chi connectivity index (χ4n) is 1.96. The molecule has 4 heteroatoms. The number of pyridine rings is 1. The molecular weight excluding hydrogens is 290 g/mol. The molecule has 0 aliphatic rings. The zero-order valence-electron chi connectivity index (χ0n) is 12.6. The molecule has 1 aromatic heterocycles. The number of benzene rings is 2. The maximum Gasteiger partial charge on any atom is 0.343 e. The smallest absolute Gasteiger partial charge is 0.343 e. The van der Waals surface area contributed by atoms with Crippen LogP contribution in [0.3, 0.4) is 0 Å². The van der Waals surface area contributed by atoms with E-state index in [4.69, 9.17) is 9.47 Å². The highest BCUT2D eigenvalue weighted by atomic mass is 16.5. The third-order valence-corrected chi connectivity index (χ3v) is 3.18. The quantitative estimate of drug-likeness (QED) is 0.529. The first-order valence-electron chi connectivity index (χ1n) is 7.18. The molecule has 114 valence electrons. The van der Waals surface area contributed by atoms with E-state index in [9.17, 15) is 4.79 Å². The van der Waals surface area contributed by atoms with E-state index in [1.165, 1.54) is 0 Å². The summed E-state index contributed by atoms with van der Waals surface area (Å²) in [7, 11) is 0. The summed E-state index contributed by atoms with van der Waals surface area (Å²) in [5.74, 6) is 1.21. The van der Waals surface area contributed by atoms with Crippen molar-refractivity contribution in [2.75, 3.05) is 0 Å². The summed E-state index contributed by atoms with van der Waals surface area (Å²) < 4.78 is 10.9. The Hall–Kier alpha value is -3.14. The van der Waals surface area contributed by atoms with Gasteiger partial charge in [0.2, 0.25) is 5.88 Å². The minimum atomic E-state index is -0.386. The lowest BCUT2D eigenvalue weighted by Gasteiger charge is -2.07. The third kappa shape index (κ3) is 3.95. The Bertz CT molecular complexity index is 781. The van der Waals surface area contributed by atoms with E-state index in [-0.39, 0.29) is 5.97 Å². The molecule has 0 atom stereocenters. The average molecular weight is 305 g/mol. The molecule has 23 heavy (non-hydrogen) atoms. The molecule has 0 unspecified atom stereocenters. The van der Waals surface area contributed by atoms with Gasteiger partial charge in [-0.1, -0.05) is 23.8 Å². The van der Waals surface area contributed by atoms with Gasteiger partial charge in [-0.2, -0.15) is 0 Å². The van der Waals surface area contributed by atoms with Gasteiger partial charge < -0.3 is 9.47 Å². The first kappa shape index (κ1) is 14.8. The molecule has 0 saturated heterocycles. The molecule has 1 heterocycles. The van der Waals surface area contributed by atoms with Crippen molar-refractivity contribution in [1.82, 2.24) is 4.98 Å². The minimum Gasteiger partial charge on any atom is -0.439 e. The summed E-state index contributed by atoms with van der Waals surface area (Å²) in [5, 5.41) is 0. The van der Waals surface area contributed by atoms with Gasteiger partial charge in [0.05, 0.1) is 5.56 Å². The summed E-state index contributed by atoms with van der Waals surface area (Å²) in [6.45, 7) is 1.97. The normalized spacial score (nSPS) is 10.1. The van der Waals surface area contributed by atoms with E-state index in [0.29, 0.717) is 22.9 Å². The fourth-order valence-corrected chi connectivity index (χ4v) is 1.96. The van der Waals surface area contributed by atoms with Crippen molar-refractivity contribution in [2.45, 2.75) is 6.92 Å². The van der Waals surface area contributed by atoms with Gasteiger partial charge in [-0.05, 0) is 49.4 Å². The van der Waals surface area contributed by atoms with Crippen molar-refractivity contribution >= 4 is 5.97 Å². The Labute approximate surface area is 134 Å². The van der Waals surface area contributed by atoms with Crippen LogP contribution < -0.4 is 9.47 Å². The molecule has 0 spiro atoms. The van der Waals surface area contributed by atoms with Crippen LogP contribution in [0, 0.1) is 6.92 Å².